The third kappa shape index (κ3) is 2.86. The lowest BCUT2D eigenvalue weighted by Gasteiger charge is -2.36. The number of fused-ring (bicyclic) bond motifs is 1. The Morgan fingerprint density at radius 2 is 1.95 bits per heavy atom. The molecule has 3 rings (SSSR count). The molecule has 2 N–H and O–H groups in total. The maximum atomic E-state index is 12.8. The first-order chi connectivity index (χ1) is 9.79. The fraction of sp³-hybridized carbons (Fsp3) is 0.938. The van der Waals surface area contributed by atoms with Crippen LogP contribution in [0.3, 0.4) is 0 Å². The summed E-state index contributed by atoms with van der Waals surface area (Å²) in [5.74, 6) is 1.84. The minimum Gasteiger partial charge on any atom is -0.338 e. The molecule has 2 saturated heterocycles. The van der Waals surface area contributed by atoms with Gasteiger partial charge in [0.15, 0.2) is 0 Å². The first kappa shape index (κ1) is 14.3. The van der Waals surface area contributed by atoms with Crippen LogP contribution in [0.1, 0.15) is 44.9 Å². The monoisotopic (exact) mass is 279 g/mol. The highest BCUT2D eigenvalue weighted by atomic mass is 16.2. The first-order valence-electron chi connectivity index (χ1n) is 8.48. The maximum absolute atomic E-state index is 12.8. The van der Waals surface area contributed by atoms with E-state index in [9.17, 15) is 4.79 Å². The third-order valence-corrected chi connectivity index (χ3v) is 5.69. The van der Waals surface area contributed by atoms with Gasteiger partial charge in [0.05, 0.1) is 6.04 Å². The lowest BCUT2D eigenvalue weighted by Crippen LogP contribution is -2.50. The standard InChI is InChI=1S/C16H29N3O/c1-17-14-6-5-13-3-2-4-15(13)19(16(14)20)11-12-7-9-18-10-8-12/h12-15,17-18H,2-11H2,1H3. The van der Waals surface area contributed by atoms with Crippen LogP contribution in [-0.2, 0) is 4.79 Å². The predicted molar refractivity (Wildman–Crippen MR) is 80.5 cm³/mol. The molecule has 3 atom stereocenters. The summed E-state index contributed by atoms with van der Waals surface area (Å²) in [5, 5.41) is 6.67. The van der Waals surface area contributed by atoms with E-state index in [2.05, 4.69) is 15.5 Å². The second-order valence-electron chi connectivity index (χ2n) is 6.86. The summed E-state index contributed by atoms with van der Waals surface area (Å²) in [5.41, 5.74) is 0. The van der Waals surface area contributed by atoms with Crippen LogP contribution in [0.15, 0.2) is 0 Å². The van der Waals surface area contributed by atoms with Crippen molar-refractivity contribution in [2.45, 2.75) is 57.0 Å². The molecule has 3 aliphatic rings. The van der Waals surface area contributed by atoms with E-state index in [0.29, 0.717) is 17.9 Å². The molecule has 4 heteroatoms. The highest BCUT2D eigenvalue weighted by Gasteiger charge is 2.40. The van der Waals surface area contributed by atoms with Gasteiger partial charge in [-0.3, -0.25) is 4.79 Å². The van der Waals surface area contributed by atoms with Gasteiger partial charge in [-0.25, -0.2) is 0 Å². The summed E-state index contributed by atoms with van der Waals surface area (Å²) in [6, 6.07) is 0.595. The van der Waals surface area contributed by atoms with E-state index in [-0.39, 0.29) is 6.04 Å². The van der Waals surface area contributed by atoms with Crippen molar-refractivity contribution in [1.82, 2.24) is 15.5 Å². The molecule has 114 valence electrons. The Balaban J connectivity index is 1.73. The molecule has 1 amide bonds. The number of hydrogen-bond donors (Lipinski definition) is 2. The number of nitrogens with one attached hydrogen (secondary N) is 2. The van der Waals surface area contributed by atoms with E-state index in [1.54, 1.807) is 0 Å². The predicted octanol–water partition coefficient (Wildman–Crippen LogP) is 1.37. The number of hydrogen-bond acceptors (Lipinski definition) is 3. The molecular weight excluding hydrogens is 250 g/mol. The molecule has 0 aromatic carbocycles. The Morgan fingerprint density at radius 3 is 2.70 bits per heavy atom. The van der Waals surface area contributed by atoms with Gasteiger partial charge in [0.1, 0.15) is 0 Å². The van der Waals surface area contributed by atoms with Crippen LogP contribution in [0.2, 0.25) is 0 Å². The first-order valence-corrected chi connectivity index (χ1v) is 8.48. The number of amides is 1. The van der Waals surface area contributed by atoms with Gasteiger partial charge in [0.2, 0.25) is 5.91 Å². The van der Waals surface area contributed by atoms with E-state index >= 15 is 0 Å². The molecule has 0 radical (unpaired) electrons. The summed E-state index contributed by atoms with van der Waals surface area (Å²) in [4.78, 5) is 15.1. The van der Waals surface area contributed by atoms with Gasteiger partial charge in [-0.15, -0.1) is 0 Å². The summed E-state index contributed by atoms with van der Waals surface area (Å²) in [6.45, 7) is 3.24. The van der Waals surface area contributed by atoms with Crippen LogP contribution in [0.5, 0.6) is 0 Å². The normalized spacial score (nSPS) is 36.0. The highest BCUT2D eigenvalue weighted by molar-refractivity contribution is 5.82. The van der Waals surface area contributed by atoms with Crippen molar-refractivity contribution in [2.75, 3.05) is 26.7 Å². The fourth-order valence-electron chi connectivity index (χ4n) is 4.47. The number of nitrogens with zero attached hydrogens (tertiary/aromatic N) is 1. The van der Waals surface area contributed by atoms with Gasteiger partial charge in [-0.1, -0.05) is 6.42 Å². The Hall–Kier alpha value is -0.610. The zero-order valence-corrected chi connectivity index (χ0v) is 12.7. The molecule has 2 heterocycles. The SMILES string of the molecule is CNC1CCC2CCCC2N(CC2CCNCC2)C1=O. The number of likely N-dealkylation sites (tertiary alicyclic amines) is 1. The molecule has 0 aromatic rings. The number of piperidine rings is 1. The van der Waals surface area contributed by atoms with E-state index in [4.69, 9.17) is 0 Å². The number of likely N-dealkylation sites (N-methyl/N-ethyl adjacent to an activating group) is 1. The summed E-state index contributed by atoms with van der Waals surface area (Å²) < 4.78 is 0. The van der Waals surface area contributed by atoms with Crippen LogP contribution >= 0.6 is 0 Å². The van der Waals surface area contributed by atoms with Crippen molar-refractivity contribution in [1.29, 1.82) is 0 Å². The van der Waals surface area contributed by atoms with Crippen molar-refractivity contribution in [2.24, 2.45) is 11.8 Å². The second-order valence-corrected chi connectivity index (χ2v) is 6.86. The number of rotatable bonds is 3. The average molecular weight is 279 g/mol. The smallest absolute Gasteiger partial charge is 0.239 e. The third-order valence-electron chi connectivity index (χ3n) is 5.69. The van der Waals surface area contributed by atoms with Crippen molar-refractivity contribution >= 4 is 5.91 Å². The molecule has 4 nitrogen and oxygen atoms in total. The van der Waals surface area contributed by atoms with E-state index in [1.807, 2.05) is 7.05 Å². The zero-order chi connectivity index (χ0) is 13.9. The Labute approximate surface area is 122 Å². The molecular formula is C16H29N3O. The van der Waals surface area contributed by atoms with Crippen molar-refractivity contribution in [3.63, 3.8) is 0 Å². The van der Waals surface area contributed by atoms with Gasteiger partial charge in [0.25, 0.3) is 0 Å². The number of carbonyl (C=O) groups is 1. The quantitative estimate of drug-likeness (QED) is 0.820. The molecule has 0 bridgehead atoms. The Bertz CT molecular complexity index is 341. The lowest BCUT2D eigenvalue weighted by atomic mass is 9.94. The molecule has 3 fully saturated rings. The topological polar surface area (TPSA) is 44.4 Å². The summed E-state index contributed by atoms with van der Waals surface area (Å²) in [7, 11) is 1.94. The molecule has 3 unspecified atom stereocenters. The van der Waals surface area contributed by atoms with E-state index < -0.39 is 0 Å². The number of carbonyl (C=O) groups excluding carboxylic acids is 1. The summed E-state index contributed by atoms with van der Waals surface area (Å²) >= 11 is 0. The van der Waals surface area contributed by atoms with Gasteiger partial charge in [-0.05, 0) is 70.5 Å². The van der Waals surface area contributed by atoms with Crippen LogP contribution in [0.25, 0.3) is 0 Å². The van der Waals surface area contributed by atoms with Gasteiger partial charge < -0.3 is 15.5 Å². The van der Waals surface area contributed by atoms with Crippen molar-refractivity contribution < 1.29 is 4.79 Å². The van der Waals surface area contributed by atoms with Gasteiger partial charge >= 0.3 is 0 Å². The minimum atomic E-state index is 0.0577. The van der Waals surface area contributed by atoms with E-state index in [0.717, 1.165) is 32.0 Å². The van der Waals surface area contributed by atoms with Gasteiger partial charge in [-0.2, -0.15) is 0 Å². The molecule has 1 saturated carbocycles. The van der Waals surface area contributed by atoms with Crippen molar-refractivity contribution in [3.8, 4) is 0 Å². The molecule has 2 aliphatic heterocycles. The van der Waals surface area contributed by atoms with Crippen LogP contribution in [0, 0.1) is 11.8 Å². The molecule has 0 aromatic heterocycles. The maximum Gasteiger partial charge on any atom is 0.239 e. The Kier molecular flexibility index (Phi) is 4.61. The van der Waals surface area contributed by atoms with Crippen LogP contribution < -0.4 is 10.6 Å². The average Bonchev–Trinajstić information content (AvgIpc) is 2.90. The van der Waals surface area contributed by atoms with Crippen molar-refractivity contribution in [3.05, 3.63) is 0 Å². The zero-order valence-electron chi connectivity index (χ0n) is 12.7. The summed E-state index contributed by atoms with van der Waals surface area (Å²) in [6.07, 6.45) is 8.59. The highest BCUT2D eigenvalue weighted by Crippen LogP contribution is 2.37. The van der Waals surface area contributed by atoms with E-state index in [1.165, 1.54) is 38.5 Å². The molecule has 0 spiro atoms. The molecule has 1 aliphatic carbocycles. The minimum absolute atomic E-state index is 0.0577. The second kappa shape index (κ2) is 6.44. The largest absolute Gasteiger partial charge is 0.338 e. The fourth-order valence-corrected chi connectivity index (χ4v) is 4.47. The molecule has 20 heavy (non-hydrogen) atoms. The lowest BCUT2D eigenvalue weighted by molar-refractivity contribution is -0.136. The van der Waals surface area contributed by atoms with Gasteiger partial charge in [0, 0.05) is 12.6 Å². The Morgan fingerprint density at radius 1 is 1.15 bits per heavy atom. The van der Waals surface area contributed by atoms with Crippen LogP contribution in [-0.4, -0.2) is 49.6 Å². The van der Waals surface area contributed by atoms with Crippen LogP contribution in [0.4, 0.5) is 0 Å².